The second kappa shape index (κ2) is 7.07. The molecule has 5 heteroatoms. The first-order valence-electron chi connectivity index (χ1n) is 7.59. The number of unbranched alkanes of at least 4 members (excludes halogenated alkanes) is 1. The minimum Gasteiger partial charge on any atom is -0.441 e. The summed E-state index contributed by atoms with van der Waals surface area (Å²) < 4.78 is 5.36. The molecule has 0 aromatic heterocycles. The molecule has 1 aliphatic heterocycles. The standard InChI is InChI=1S/C15H28N2O3/c1-6-8-9-11(10-16-5)13(18)17-12(7-2)15(3,4)20-14(17)19/h11-12,16H,6-10H2,1-5H3/t11-,12+/m1/s1. The van der Waals surface area contributed by atoms with Crippen LogP contribution in [0.2, 0.25) is 0 Å². The van der Waals surface area contributed by atoms with Crippen molar-refractivity contribution >= 4 is 12.0 Å². The molecule has 0 radical (unpaired) electrons. The van der Waals surface area contributed by atoms with Gasteiger partial charge in [-0.05, 0) is 33.7 Å². The van der Waals surface area contributed by atoms with Crippen molar-refractivity contribution in [2.75, 3.05) is 13.6 Å². The first-order chi connectivity index (χ1) is 9.38. The topological polar surface area (TPSA) is 58.6 Å². The van der Waals surface area contributed by atoms with Gasteiger partial charge in [0.1, 0.15) is 5.60 Å². The normalized spacial score (nSPS) is 22.8. The fourth-order valence-electron chi connectivity index (χ4n) is 2.90. The molecule has 1 saturated heterocycles. The van der Waals surface area contributed by atoms with E-state index in [2.05, 4.69) is 12.2 Å². The zero-order chi connectivity index (χ0) is 15.3. The van der Waals surface area contributed by atoms with E-state index in [0.717, 1.165) is 19.3 Å². The lowest BCUT2D eigenvalue weighted by molar-refractivity contribution is -0.134. The highest BCUT2D eigenvalue weighted by Crippen LogP contribution is 2.33. The van der Waals surface area contributed by atoms with Crippen LogP contribution in [0.1, 0.15) is 53.4 Å². The zero-order valence-corrected chi connectivity index (χ0v) is 13.4. The lowest BCUT2D eigenvalue weighted by Gasteiger charge is -2.29. The third-order valence-electron chi connectivity index (χ3n) is 3.99. The summed E-state index contributed by atoms with van der Waals surface area (Å²) in [6.45, 7) is 8.41. The van der Waals surface area contributed by atoms with E-state index in [1.165, 1.54) is 4.90 Å². The average Bonchev–Trinajstić information content (AvgIpc) is 2.62. The maximum atomic E-state index is 12.7. The molecule has 0 aromatic carbocycles. The minimum atomic E-state index is -0.601. The van der Waals surface area contributed by atoms with Gasteiger partial charge in [0.15, 0.2) is 0 Å². The molecule has 2 atom stereocenters. The van der Waals surface area contributed by atoms with Crippen molar-refractivity contribution in [3.8, 4) is 0 Å². The predicted octanol–water partition coefficient (Wildman–Crippen LogP) is 2.55. The Kier molecular flexibility index (Phi) is 5.99. The molecule has 1 fully saturated rings. The number of hydrogen-bond acceptors (Lipinski definition) is 4. The van der Waals surface area contributed by atoms with Gasteiger partial charge in [-0.3, -0.25) is 4.79 Å². The fourth-order valence-corrected chi connectivity index (χ4v) is 2.90. The van der Waals surface area contributed by atoms with Crippen LogP contribution in [0.4, 0.5) is 4.79 Å². The number of hydrogen-bond donors (Lipinski definition) is 1. The van der Waals surface area contributed by atoms with Crippen molar-refractivity contribution in [2.24, 2.45) is 5.92 Å². The van der Waals surface area contributed by atoms with Gasteiger partial charge in [-0.2, -0.15) is 0 Å². The number of rotatable bonds is 7. The van der Waals surface area contributed by atoms with Crippen LogP contribution in [0, 0.1) is 5.92 Å². The number of nitrogens with one attached hydrogen (secondary N) is 1. The zero-order valence-electron chi connectivity index (χ0n) is 13.4. The third-order valence-corrected chi connectivity index (χ3v) is 3.99. The van der Waals surface area contributed by atoms with Gasteiger partial charge in [0.25, 0.3) is 0 Å². The Balaban J connectivity index is 2.89. The molecule has 0 spiro atoms. The van der Waals surface area contributed by atoms with Gasteiger partial charge in [-0.25, -0.2) is 9.69 Å². The van der Waals surface area contributed by atoms with Crippen LogP contribution in [0.25, 0.3) is 0 Å². The number of carbonyl (C=O) groups excluding carboxylic acids is 2. The van der Waals surface area contributed by atoms with Crippen molar-refractivity contribution in [1.82, 2.24) is 10.2 Å². The highest BCUT2D eigenvalue weighted by molar-refractivity contribution is 5.95. The number of nitrogens with zero attached hydrogens (tertiary/aromatic N) is 1. The molecule has 2 amide bonds. The molecule has 1 aliphatic rings. The van der Waals surface area contributed by atoms with Gasteiger partial charge in [0, 0.05) is 6.54 Å². The van der Waals surface area contributed by atoms with Crippen LogP contribution in [-0.4, -0.2) is 42.1 Å². The van der Waals surface area contributed by atoms with Crippen molar-refractivity contribution in [3.05, 3.63) is 0 Å². The number of ether oxygens (including phenoxy) is 1. The minimum absolute atomic E-state index is 0.102. The van der Waals surface area contributed by atoms with Crippen LogP contribution < -0.4 is 5.32 Å². The molecule has 0 saturated carbocycles. The monoisotopic (exact) mass is 284 g/mol. The molecular weight excluding hydrogens is 256 g/mol. The molecule has 0 aliphatic carbocycles. The summed E-state index contributed by atoms with van der Waals surface area (Å²) in [4.78, 5) is 26.1. The molecule has 0 aromatic rings. The Labute approximate surface area is 122 Å². The number of imide groups is 1. The summed E-state index contributed by atoms with van der Waals surface area (Å²) in [6, 6.07) is -0.177. The summed E-state index contributed by atoms with van der Waals surface area (Å²) in [5.74, 6) is -0.259. The van der Waals surface area contributed by atoms with E-state index < -0.39 is 11.7 Å². The Bertz CT molecular complexity index is 355. The van der Waals surface area contributed by atoms with Gasteiger partial charge < -0.3 is 10.1 Å². The van der Waals surface area contributed by atoms with Gasteiger partial charge in [-0.1, -0.05) is 26.7 Å². The molecule has 5 nitrogen and oxygen atoms in total. The van der Waals surface area contributed by atoms with Crippen LogP contribution >= 0.6 is 0 Å². The number of cyclic esters (lactones) is 1. The van der Waals surface area contributed by atoms with E-state index in [-0.39, 0.29) is 17.9 Å². The van der Waals surface area contributed by atoms with Crippen LogP contribution in [0.5, 0.6) is 0 Å². The summed E-state index contributed by atoms with van der Waals surface area (Å²) in [5, 5.41) is 3.05. The van der Waals surface area contributed by atoms with Gasteiger partial charge in [-0.15, -0.1) is 0 Å². The van der Waals surface area contributed by atoms with Crippen LogP contribution in [0.15, 0.2) is 0 Å². The van der Waals surface area contributed by atoms with Gasteiger partial charge in [0.2, 0.25) is 5.91 Å². The lowest BCUT2D eigenvalue weighted by atomic mass is 9.94. The average molecular weight is 284 g/mol. The highest BCUT2D eigenvalue weighted by Gasteiger charge is 2.50. The summed E-state index contributed by atoms with van der Waals surface area (Å²) in [5.41, 5.74) is -0.601. The van der Waals surface area contributed by atoms with Crippen molar-refractivity contribution < 1.29 is 14.3 Å². The first kappa shape index (κ1) is 17.0. The highest BCUT2D eigenvalue weighted by atomic mass is 16.6. The Morgan fingerprint density at radius 1 is 1.45 bits per heavy atom. The Morgan fingerprint density at radius 2 is 2.10 bits per heavy atom. The molecular formula is C15H28N2O3. The van der Waals surface area contributed by atoms with E-state index in [1.807, 2.05) is 27.8 Å². The molecule has 0 unspecified atom stereocenters. The maximum Gasteiger partial charge on any atom is 0.417 e. The molecule has 1 rings (SSSR count). The Hall–Kier alpha value is -1.10. The molecule has 1 heterocycles. The molecule has 1 N–H and O–H groups in total. The van der Waals surface area contributed by atoms with Crippen LogP contribution in [0.3, 0.4) is 0 Å². The van der Waals surface area contributed by atoms with E-state index in [1.54, 1.807) is 0 Å². The second-order valence-corrected chi connectivity index (χ2v) is 6.00. The van der Waals surface area contributed by atoms with Crippen molar-refractivity contribution in [2.45, 2.75) is 65.0 Å². The van der Waals surface area contributed by atoms with Crippen molar-refractivity contribution in [1.29, 1.82) is 0 Å². The number of amides is 2. The third kappa shape index (κ3) is 3.51. The SMILES string of the molecule is CCCC[C@H](CNC)C(=O)N1C(=O)OC(C)(C)[C@@H]1CC. The summed E-state index contributed by atoms with van der Waals surface area (Å²) in [7, 11) is 1.83. The first-order valence-corrected chi connectivity index (χ1v) is 7.59. The molecule has 116 valence electrons. The fraction of sp³-hybridized carbons (Fsp3) is 0.867. The lowest BCUT2D eigenvalue weighted by Crippen LogP contribution is -2.48. The van der Waals surface area contributed by atoms with E-state index in [0.29, 0.717) is 13.0 Å². The summed E-state index contributed by atoms with van der Waals surface area (Å²) in [6.07, 6.45) is 3.05. The van der Waals surface area contributed by atoms with E-state index >= 15 is 0 Å². The van der Waals surface area contributed by atoms with Crippen molar-refractivity contribution in [3.63, 3.8) is 0 Å². The Morgan fingerprint density at radius 3 is 2.60 bits per heavy atom. The van der Waals surface area contributed by atoms with Crippen LogP contribution in [-0.2, 0) is 9.53 Å². The van der Waals surface area contributed by atoms with E-state index in [9.17, 15) is 9.59 Å². The predicted molar refractivity (Wildman–Crippen MR) is 78.4 cm³/mol. The second-order valence-electron chi connectivity index (χ2n) is 6.00. The van der Waals surface area contributed by atoms with E-state index in [4.69, 9.17) is 4.74 Å². The largest absolute Gasteiger partial charge is 0.441 e. The van der Waals surface area contributed by atoms with Gasteiger partial charge in [0.05, 0.1) is 12.0 Å². The quantitative estimate of drug-likeness (QED) is 0.780. The maximum absolute atomic E-state index is 12.7. The van der Waals surface area contributed by atoms with Gasteiger partial charge >= 0.3 is 6.09 Å². The number of carbonyl (C=O) groups is 2. The molecule has 0 bridgehead atoms. The summed E-state index contributed by atoms with van der Waals surface area (Å²) >= 11 is 0. The smallest absolute Gasteiger partial charge is 0.417 e. The molecule has 20 heavy (non-hydrogen) atoms.